The Bertz CT molecular complexity index is 988. The summed E-state index contributed by atoms with van der Waals surface area (Å²) in [6, 6.07) is 18.7. The molecule has 0 unspecified atom stereocenters. The molecule has 1 aromatic heterocycles. The van der Waals surface area contributed by atoms with Crippen molar-refractivity contribution >= 4 is 11.4 Å². The summed E-state index contributed by atoms with van der Waals surface area (Å²) in [4.78, 5) is 16.9. The molecule has 0 aliphatic rings. The van der Waals surface area contributed by atoms with E-state index in [1.807, 2.05) is 61.5 Å². The number of nitrogens with zero attached hydrogens (tertiary/aromatic N) is 3. The lowest BCUT2D eigenvalue weighted by molar-refractivity contribution is 0.823. The zero-order valence-electron chi connectivity index (χ0n) is 13.8. The molecule has 3 aromatic rings. The summed E-state index contributed by atoms with van der Waals surface area (Å²) in [6.45, 7) is 1.99. The van der Waals surface area contributed by atoms with Crippen LogP contribution in [0.25, 0.3) is 5.69 Å². The number of benzene rings is 2. The number of aryl methyl sites for hydroxylation is 1. The maximum absolute atomic E-state index is 12.4. The second kappa shape index (κ2) is 7.40. The largest absolute Gasteiger partial charge is 0.405 e. The highest BCUT2D eigenvalue weighted by Crippen LogP contribution is 2.14. The number of nitrogens with two attached hydrogens (primary N) is 1. The molecule has 0 saturated heterocycles. The predicted molar refractivity (Wildman–Crippen MR) is 101 cm³/mol. The van der Waals surface area contributed by atoms with Crippen LogP contribution in [0.1, 0.15) is 11.3 Å². The molecule has 3 rings (SSSR count). The Labute approximate surface area is 145 Å². The highest BCUT2D eigenvalue weighted by molar-refractivity contribution is 6.08. The van der Waals surface area contributed by atoms with Crippen LogP contribution in [-0.4, -0.2) is 15.5 Å². The van der Waals surface area contributed by atoms with Crippen LogP contribution >= 0.6 is 0 Å². The van der Waals surface area contributed by atoms with Crippen LogP contribution in [-0.2, 0) is 0 Å². The standard InChI is InChI=1S/C20H18N4O/c1-15-7-5-6-10-18(15)24-14-12-19(25)20(23-24)17(11-13-21)22-16-8-3-2-4-9-16/h2-14H,21H2,1H3. The second-order valence-corrected chi connectivity index (χ2v) is 5.45. The van der Waals surface area contributed by atoms with Crippen molar-refractivity contribution < 1.29 is 0 Å². The number of allylic oxidation sites excluding steroid dienone is 1. The van der Waals surface area contributed by atoms with Crippen molar-refractivity contribution in [2.24, 2.45) is 10.7 Å². The van der Waals surface area contributed by atoms with E-state index in [0.717, 1.165) is 16.9 Å². The molecule has 0 atom stereocenters. The van der Waals surface area contributed by atoms with E-state index in [4.69, 9.17) is 5.73 Å². The summed E-state index contributed by atoms with van der Waals surface area (Å²) in [5.41, 5.74) is 8.68. The van der Waals surface area contributed by atoms with E-state index in [2.05, 4.69) is 10.1 Å². The van der Waals surface area contributed by atoms with Gasteiger partial charge >= 0.3 is 0 Å². The summed E-state index contributed by atoms with van der Waals surface area (Å²) in [5.74, 6) is 0. The van der Waals surface area contributed by atoms with Crippen molar-refractivity contribution in [3.05, 3.63) is 101 Å². The zero-order chi connectivity index (χ0) is 17.6. The van der Waals surface area contributed by atoms with Crippen molar-refractivity contribution in [3.8, 4) is 5.69 Å². The van der Waals surface area contributed by atoms with Gasteiger partial charge in [-0.1, -0.05) is 36.4 Å². The van der Waals surface area contributed by atoms with Gasteiger partial charge in [0.05, 0.1) is 17.1 Å². The van der Waals surface area contributed by atoms with Gasteiger partial charge in [-0.05, 0) is 43.0 Å². The summed E-state index contributed by atoms with van der Waals surface area (Å²) in [6.07, 6.45) is 4.59. The lowest BCUT2D eigenvalue weighted by Crippen LogP contribution is -2.20. The van der Waals surface area contributed by atoms with Crippen LogP contribution in [0.15, 0.2) is 88.9 Å². The Balaban J connectivity index is 2.14. The van der Waals surface area contributed by atoms with Gasteiger partial charge in [0.1, 0.15) is 0 Å². The first-order valence-electron chi connectivity index (χ1n) is 7.87. The Morgan fingerprint density at radius 2 is 1.80 bits per heavy atom. The summed E-state index contributed by atoms with van der Waals surface area (Å²) in [5, 5.41) is 4.49. The molecule has 0 radical (unpaired) electrons. The minimum Gasteiger partial charge on any atom is -0.405 e. The maximum atomic E-state index is 12.4. The van der Waals surface area contributed by atoms with E-state index >= 15 is 0 Å². The predicted octanol–water partition coefficient (Wildman–Crippen LogP) is 3.13. The molecule has 2 N–H and O–H groups in total. The highest BCUT2D eigenvalue weighted by Gasteiger charge is 2.10. The van der Waals surface area contributed by atoms with E-state index in [1.54, 1.807) is 17.0 Å². The molecule has 5 heteroatoms. The zero-order valence-corrected chi connectivity index (χ0v) is 13.8. The third kappa shape index (κ3) is 3.72. The number of para-hydroxylation sites is 2. The van der Waals surface area contributed by atoms with Crippen molar-refractivity contribution in [3.63, 3.8) is 0 Å². The fourth-order valence-electron chi connectivity index (χ4n) is 2.44. The molecule has 0 bridgehead atoms. The molecule has 0 amide bonds. The fraction of sp³-hybridized carbons (Fsp3) is 0.0500. The van der Waals surface area contributed by atoms with Crippen LogP contribution in [0.4, 0.5) is 5.69 Å². The Kier molecular flexibility index (Phi) is 4.85. The molecule has 5 nitrogen and oxygen atoms in total. The maximum Gasteiger partial charge on any atom is 0.209 e. The summed E-state index contributed by atoms with van der Waals surface area (Å²) < 4.78 is 1.68. The molecular weight excluding hydrogens is 312 g/mol. The number of aliphatic imine (C=N–C) groups is 1. The second-order valence-electron chi connectivity index (χ2n) is 5.45. The molecule has 2 aromatic carbocycles. The third-order valence-corrected chi connectivity index (χ3v) is 3.67. The number of hydrogen-bond acceptors (Lipinski definition) is 4. The topological polar surface area (TPSA) is 73.3 Å². The highest BCUT2D eigenvalue weighted by atomic mass is 16.1. The van der Waals surface area contributed by atoms with Gasteiger partial charge in [-0.3, -0.25) is 4.79 Å². The van der Waals surface area contributed by atoms with Crippen molar-refractivity contribution in [1.82, 2.24) is 9.78 Å². The molecular formula is C20H18N4O. The van der Waals surface area contributed by atoms with Gasteiger partial charge in [0, 0.05) is 12.3 Å². The number of rotatable bonds is 4. The van der Waals surface area contributed by atoms with Gasteiger partial charge in [0.15, 0.2) is 5.69 Å². The van der Waals surface area contributed by atoms with Crippen LogP contribution in [0, 0.1) is 6.92 Å². The summed E-state index contributed by atoms with van der Waals surface area (Å²) in [7, 11) is 0. The van der Waals surface area contributed by atoms with E-state index in [9.17, 15) is 4.79 Å². The van der Waals surface area contributed by atoms with Crippen molar-refractivity contribution in [1.29, 1.82) is 0 Å². The van der Waals surface area contributed by atoms with Gasteiger partial charge in [0.2, 0.25) is 5.43 Å². The average molecular weight is 330 g/mol. The lowest BCUT2D eigenvalue weighted by atomic mass is 10.2. The van der Waals surface area contributed by atoms with Gasteiger partial charge in [-0.25, -0.2) is 9.67 Å². The molecule has 0 aliphatic heterocycles. The quantitative estimate of drug-likeness (QED) is 0.747. The van der Waals surface area contributed by atoms with Gasteiger partial charge in [-0.2, -0.15) is 5.10 Å². The Morgan fingerprint density at radius 1 is 1.08 bits per heavy atom. The fourth-order valence-corrected chi connectivity index (χ4v) is 2.44. The monoisotopic (exact) mass is 330 g/mol. The molecule has 0 spiro atoms. The van der Waals surface area contributed by atoms with Crippen LogP contribution in [0.2, 0.25) is 0 Å². The van der Waals surface area contributed by atoms with Gasteiger partial charge in [-0.15, -0.1) is 0 Å². The first-order chi connectivity index (χ1) is 12.2. The number of aromatic nitrogens is 2. The average Bonchev–Trinajstić information content (AvgIpc) is 2.63. The Morgan fingerprint density at radius 3 is 2.52 bits per heavy atom. The van der Waals surface area contributed by atoms with Gasteiger partial charge in [0.25, 0.3) is 0 Å². The van der Waals surface area contributed by atoms with Crippen molar-refractivity contribution in [2.75, 3.05) is 0 Å². The van der Waals surface area contributed by atoms with E-state index in [1.165, 1.54) is 12.3 Å². The van der Waals surface area contributed by atoms with E-state index in [0.29, 0.717) is 5.71 Å². The molecule has 0 fully saturated rings. The van der Waals surface area contributed by atoms with Crippen LogP contribution < -0.4 is 11.2 Å². The molecule has 124 valence electrons. The molecule has 0 saturated carbocycles. The molecule has 0 aliphatic carbocycles. The molecule has 25 heavy (non-hydrogen) atoms. The normalized spacial score (nSPS) is 11.8. The first kappa shape index (κ1) is 16.4. The lowest BCUT2D eigenvalue weighted by Gasteiger charge is -2.10. The molecule has 1 heterocycles. The van der Waals surface area contributed by atoms with Crippen LogP contribution in [0.3, 0.4) is 0 Å². The smallest absolute Gasteiger partial charge is 0.209 e. The number of hydrogen-bond donors (Lipinski definition) is 1. The van der Waals surface area contributed by atoms with E-state index in [-0.39, 0.29) is 11.1 Å². The third-order valence-electron chi connectivity index (χ3n) is 3.67. The van der Waals surface area contributed by atoms with E-state index < -0.39 is 0 Å². The summed E-state index contributed by atoms with van der Waals surface area (Å²) >= 11 is 0. The minimum atomic E-state index is -0.211. The SMILES string of the molecule is Cc1ccccc1-n1ccc(=O)c(C(C=CN)=Nc2ccccc2)n1. The first-order valence-corrected chi connectivity index (χ1v) is 7.87. The Hall–Kier alpha value is -3.47. The minimum absolute atomic E-state index is 0.211. The van der Waals surface area contributed by atoms with Crippen molar-refractivity contribution in [2.45, 2.75) is 6.92 Å². The van der Waals surface area contributed by atoms with Gasteiger partial charge < -0.3 is 5.73 Å². The van der Waals surface area contributed by atoms with Crippen LogP contribution in [0.5, 0.6) is 0 Å².